The Kier molecular flexibility index (Phi) is 5.52. The van der Waals surface area contributed by atoms with Gasteiger partial charge in [0.05, 0.1) is 6.10 Å². The van der Waals surface area contributed by atoms with E-state index in [0.717, 1.165) is 36.7 Å². The minimum absolute atomic E-state index is 0.0610. The molecule has 4 heteroatoms. The first kappa shape index (κ1) is 15.1. The van der Waals surface area contributed by atoms with Crippen molar-refractivity contribution in [2.45, 2.75) is 26.4 Å². The molecule has 2 atom stereocenters. The molecule has 0 amide bonds. The zero-order chi connectivity index (χ0) is 13.8. The first-order valence-corrected chi connectivity index (χ1v) is 7.60. The number of benzene rings is 1. The summed E-state index contributed by atoms with van der Waals surface area (Å²) in [6.45, 7) is 7.21. The second-order valence-electron chi connectivity index (χ2n) is 5.56. The van der Waals surface area contributed by atoms with Crippen molar-refractivity contribution in [1.29, 1.82) is 0 Å². The predicted molar refractivity (Wildman–Crippen MR) is 81.0 cm³/mol. The highest BCUT2D eigenvalue weighted by atomic mass is 35.5. The molecular formula is C15H21Cl2NO. The molecular weight excluding hydrogens is 281 g/mol. The fourth-order valence-electron chi connectivity index (χ4n) is 2.48. The van der Waals surface area contributed by atoms with Crippen molar-refractivity contribution >= 4 is 23.2 Å². The van der Waals surface area contributed by atoms with E-state index in [1.807, 2.05) is 18.2 Å². The van der Waals surface area contributed by atoms with Crippen molar-refractivity contribution < 1.29 is 4.74 Å². The number of rotatable bonds is 5. The van der Waals surface area contributed by atoms with Crippen LogP contribution in [-0.2, 0) is 4.74 Å². The lowest BCUT2D eigenvalue weighted by molar-refractivity contribution is 0.0904. The standard InChI is InChI=1S/C15H21Cl2NO/c1-10(2)8-18-9-11-5-6-19-15(11)13-7-12(16)3-4-14(13)17/h3-4,7,10-11,15,18H,5-6,8-9H2,1-2H3. The van der Waals surface area contributed by atoms with Gasteiger partial charge in [0.15, 0.2) is 0 Å². The van der Waals surface area contributed by atoms with Crippen molar-refractivity contribution in [3.63, 3.8) is 0 Å². The summed E-state index contributed by atoms with van der Waals surface area (Å²) in [5, 5.41) is 4.96. The maximum absolute atomic E-state index is 6.27. The third-order valence-electron chi connectivity index (χ3n) is 3.44. The smallest absolute Gasteiger partial charge is 0.0880 e. The maximum atomic E-state index is 6.27. The Labute approximate surface area is 125 Å². The van der Waals surface area contributed by atoms with E-state index in [9.17, 15) is 0 Å². The predicted octanol–water partition coefficient (Wildman–Crippen LogP) is 4.32. The van der Waals surface area contributed by atoms with Crippen LogP contribution in [0.15, 0.2) is 18.2 Å². The Morgan fingerprint density at radius 2 is 2.16 bits per heavy atom. The third kappa shape index (κ3) is 4.09. The minimum Gasteiger partial charge on any atom is -0.373 e. The van der Waals surface area contributed by atoms with Crippen LogP contribution in [0.4, 0.5) is 0 Å². The third-order valence-corrected chi connectivity index (χ3v) is 4.02. The normalized spacial score (nSPS) is 23.2. The summed E-state index contributed by atoms with van der Waals surface area (Å²) in [6.07, 6.45) is 1.13. The summed E-state index contributed by atoms with van der Waals surface area (Å²) >= 11 is 12.3. The highest BCUT2D eigenvalue weighted by Crippen LogP contribution is 2.38. The highest BCUT2D eigenvalue weighted by molar-refractivity contribution is 6.33. The summed E-state index contributed by atoms with van der Waals surface area (Å²) < 4.78 is 5.86. The first-order valence-electron chi connectivity index (χ1n) is 6.85. The van der Waals surface area contributed by atoms with Gasteiger partial charge < -0.3 is 10.1 Å². The average molecular weight is 302 g/mol. The van der Waals surface area contributed by atoms with Gasteiger partial charge in [0.2, 0.25) is 0 Å². The number of halogens is 2. The van der Waals surface area contributed by atoms with Gasteiger partial charge in [-0.1, -0.05) is 37.0 Å². The zero-order valence-corrected chi connectivity index (χ0v) is 13.0. The summed E-state index contributed by atoms with van der Waals surface area (Å²) in [7, 11) is 0. The van der Waals surface area contributed by atoms with Crippen LogP contribution in [0.2, 0.25) is 10.0 Å². The second kappa shape index (κ2) is 6.94. The van der Waals surface area contributed by atoms with Crippen LogP contribution < -0.4 is 5.32 Å². The lowest BCUT2D eigenvalue weighted by atomic mass is 9.95. The summed E-state index contributed by atoms with van der Waals surface area (Å²) in [5.41, 5.74) is 1.02. The van der Waals surface area contributed by atoms with Gasteiger partial charge in [-0.25, -0.2) is 0 Å². The van der Waals surface area contributed by atoms with Gasteiger partial charge in [-0.2, -0.15) is 0 Å². The Bertz CT molecular complexity index is 423. The van der Waals surface area contributed by atoms with Gasteiger partial charge in [0.25, 0.3) is 0 Å². The summed E-state index contributed by atoms with van der Waals surface area (Å²) in [4.78, 5) is 0. The van der Waals surface area contributed by atoms with E-state index in [1.54, 1.807) is 0 Å². The number of ether oxygens (including phenoxy) is 1. The van der Waals surface area contributed by atoms with Crippen molar-refractivity contribution in [2.75, 3.05) is 19.7 Å². The SMILES string of the molecule is CC(C)CNCC1CCOC1c1cc(Cl)ccc1Cl. The molecule has 1 heterocycles. The van der Waals surface area contributed by atoms with E-state index in [2.05, 4.69) is 19.2 Å². The van der Waals surface area contributed by atoms with Crippen molar-refractivity contribution in [1.82, 2.24) is 5.32 Å². The van der Waals surface area contributed by atoms with E-state index in [4.69, 9.17) is 27.9 Å². The molecule has 1 aliphatic rings. The van der Waals surface area contributed by atoms with Crippen LogP contribution in [0.3, 0.4) is 0 Å². The largest absolute Gasteiger partial charge is 0.373 e. The Balaban J connectivity index is 2.03. The topological polar surface area (TPSA) is 21.3 Å². The molecule has 2 nitrogen and oxygen atoms in total. The number of hydrogen-bond acceptors (Lipinski definition) is 2. The molecule has 0 saturated carbocycles. The van der Waals surface area contributed by atoms with Gasteiger partial charge in [0, 0.05) is 34.7 Å². The van der Waals surface area contributed by atoms with Gasteiger partial charge in [0.1, 0.15) is 0 Å². The molecule has 0 aromatic heterocycles. The second-order valence-corrected chi connectivity index (χ2v) is 6.40. The molecule has 1 fully saturated rings. The van der Waals surface area contributed by atoms with E-state index in [1.165, 1.54) is 0 Å². The van der Waals surface area contributed by atoms with E-state index in [0.29, 0.717) is 16.9 Å². The van der Waals surface area contributed by atoms with Crippen molar-refractivity contribution in [3.8, 4) is 0 Å². The van der Waals surface area contributed by atoms with Crippen molar-refractivity contribution in [3.05, 3.63) is 33.8 Å². The van der Waals surface area contributed by atoms with Gasteiger partial charge >= 0.3 is 0 Å². The lowest BCUT2D eigenvalue weighted by Crippen LogP contribution is -2.28. The van der Waals surface area contributed by atoms with Crippen LogP contribution in [-0.4, -0.2) is 19.7 Å². The molecule has 1 saturated heterocycles. The highest BCUT2D eigenvalue weighted by Gasteiger charge is 2.30. The molecule has 2 rings (SSSR count). The molecule has 1 aromatic rings. The van der Waals surface area contributed by atoms with Crippen molar-refractivity contribution in [2.24, 2.45) is 11.8 Å². The van der Waals surface area contributed by atoms with Crippen LogP contribution in [0.5, 0.6) is 0 Å². The molecule has 0 aliphatic carbocycles. The van der Waals surface area contributed by atoms with Crippen LogP contribution in [0.25, 0.3) is 0 Å². The monoisotopic (exact) mass is 301 g/mol. The van der Waals surface area contributed by atoms with E-state index < -0.39 is 0 Å². The Hall–Kier alpha value is -0.280. The van der Waals surface area contributed by atoms with Crippen LogP contribution in [0.1, 0.15) is 31.9 Å². The van der Waals surface area contributed by atoms with Gasteiger partial charge in [-0.05, 0) is 37.1 Å². The van der Waals surface area contributed by atoms with Crippen LogP contribution in [0, 0.1) is 11.8 Å². The van der Waals surface area contributed by atoms with Gasteiger partial charge in [-0.3, -0.25) is 0 Å². The zero-order valence-electron chi connectivity index (χ0n) is 11.5. The quantitative estimate of drug-likeness (QED) is 0.874. The Morgan fingerprint density at radius 1 is 1.37 bits per heavy atom. The number of hydrogen-bond donors (Lipinski definition) is 1. The molecule has 0 radical (unpaired) electrons. The first-order chi connectivity index (χ1) is 9.08. The molecule has 1 aromatic carbocycles. The molecule has 0 spiro atoms. The van der Waals surface area contributed by atoms with Crippen LogP contribution >= 0.6 is 23.2 Å². The molecule has 1 N–H and O–H groups in total. The average Bonchev–Trinajstić information content (AvgIpc) is 2.80. The lowest BCUT2D eigenvalue weighted by Gasteiger charge is -2.21. The molecule has 106 valence electrons. The Morgan fingerprint density at radius 3 is 2.89 bits per heavy atom. The number of nitrogens with one attached hydrogen (secondary N) is 1. The van der Waals surface area contributed by atoms with E-state index >= 15 is 0 Å². The summed E-state index contributed by atoms with van der Waals surface area (Å²) in [5.74, 6) is 1.13. The summed E-state index contributed by atoms with van der Waals surface area (Å²) in [6, 6.07) is 5.59. The molecule has 19 heavy (non-hydrogen) atoms. The fraction of sp³-hybridized carbons (Fsp3) is 0.600. The van der Waals surface area contributed by atoms with Gasteiger partial charge in [-0.15, -0.1) is 0 Å². The molecule has 2 unspecified atom stereocenters. The minimum atomic E-state index is 0.0610. The fourth-order valence-corrected chi connectivity index (χ4v) is 2.88. The molecule has 1 aliphatic heterocycles. The van der Waals surface area contributed by atoms with E-state index in [-0.39, 0.29) is 6.10 Å². The maximum Gasteiger partial charge on any atom is 0.0880 e. The molecule has 0 bridgehead atoms.